The molecule has 0 saturated heterocycles. The quantitative estimate of drug-likeness (QED) is 0.167. The summed E-state index contributed by atoms with van der Waals surface area (Å²) in [4.78, 5) is 2.52. The summed E-state index contributed by atoms with van der Waals surface area (Å²) in [6.07, 6.45) is 0. The zero-order chi connectivity index (χ0) is 38.6. The third kappa shape index (κ3) is 4.61. The van der Waals surface area contributed by atoms with Gasteiger partial charge in [-0.15, -0.1) is 0 Å². The van der Waals surface area contributed by atoms with Gasteiger partial charge in [-0.1, -0.05) is 127 Å². The molecule has 0 unspecified atom stereocenters. The Morgan fingerprint density at radius 1 is 0.356 bits per heavy atom. The van der Waals surface area contributed by atoms with Gasteiger partial charge in [0.1, 0.15) is 11.5 Å². The summed E-state index contributed by atoms with van der Waals surface area (Å²) in [5, 5.41) is 4.99. The standard InChI is InChI=1S/C54H34BN3O/c1-2-16-36(17-3-1)58-51-29-15-9-23-43(51)44-32-35(38-18-4-10-24-46(38)57-49-27-13-7-21-41(49)42-22-8-14-28-50(42)57)33-53-54(44)55(58)45-34-37(30-31-52(45)59-53)56-47-25-11-5-19-39(47)40-20-6-12-26-48(40)56/h1-34H. The number of hydrogen-bond acceptors (Lipinski definition) is 2. The van der Waals surface area contributed by atoms with Crippen LogP contribution in [-0.2, 0) is 0 Å². The highest BCUT2D eigenvalue weighted by Gasteiger charge is 2.44. The van der Waals surface area contributed by atoms with Gasteiger partial charge in [0.15, 0.2) is 0 Å². The van der Waals surface area contributed by atoms with E-state index in [1.165, 1.54) is 65.9 Å². The number of benzene rings is 9. The van der Waals surface area contributed by atoms with Crippen LogP contribution >= 0.6 is 0 Å². The van der Waals surface area contributed by atoms with Crippen molar-refractivity contribution < 1.29 is 4.74 Å². The number of aromatic nitrogens is 2. The molecule has 0 spiro atoms. The van der Waals surface area contributed by atoms with Crippen molar-refractivity contribution in [3.05, 3.63) is 206 Å². The fraction of sp³-hybridized carbons (Fsp3) is 0. The van der Waals surface area contributed by atoms with Gasteiger partial charge >= 0.3 is 6.85 Å². The van der Waals surface area contributed by atoms with Crippen LogP contribution in [0, 0.1) is 0 Å². The van der Waals surface area contributed by atoms with Gasteiger partial charge in [-0.3, -0.25) is 0 Å². The van der Waals surface area contributed by atoms with Gasteiger partial charge in [-0.05, 0) is 95.5 Å². The van der Waals surface area contributed by atoms with Crippen molar-refractivity contribution in [2.45, 2.75) is 0 Å². The predicted molar refractivity (Wildman–Crippen MR) is 246 cm³/mol. The number of anilines is 2. The van der Waals surface area contributed by atoms with Crippen molar-refractivity contribution >= 4 is 72.8 Å². The van der Waals surface area contributed by atoms with Crippen molar-refractivity contribution in [1.82, 2.24) is 9.13 Å². The van der Waals surface area contributed by atoms with E-state index in [4.69, 9.17) is 4.74 Å². The first-order valence-corrected chi connectivity index (χ1v) is 20.3. The first-order valence-electron chi connectivity index (χ1n) is 20.3. The average Bonchev–Trinajstić information content (AvgIpc) is 3.82. The van der Waals surface area contributed by atoms with Crippen LogP contribution in [0.15, 0.2) is 206 Å². The predicted octanol–water partition coefficient (Wildman–Crippen LogP) is 12.6. The van der Waals surface area contributed by atoms with E-state index in [-0.39, 0.29) is 6.85 Å². The molecule has 274 valence electrons. The van der Waals surface area contributed by atoms with Crippen LogP contribution in [0.5, 0.6) is 11.5 Å². The van der Waals surface area contributed by atoms with E-state index in [1.54, 1.807) is 0 Å². The van der Waals surface area contributed by atoms with Crippen LogP contribution in [0.25, 0.3) is 77.2 Å². The third-order valence-electron chi connectivity index (χ3n) is 12.5. The summed E-state index contributed by atoms with van der Waals surface area (Å²) in [5.74, 6) is 1.75. The van der Waals surface area contributed by atoms with Crippen molar-refractivity contribution in [2.75, 3.05) is 4.81 Å². The number of hydrogen-bond donors (Lipinski definition) is 0. The minimum Gasteiger partial charge on any atom is -0.458 e. The Hall–Kier alpha value is -7.76. The third-order valence-corrected chi connectivity index (χ3v) is 12.5. The minimum absolute atomic E-state index is 0.143. The van der Waals surface area contributed by atoms with Gasteiger partial charge in [0.05, 0.1) is 27.8 Å². The van der Waals surface area contributed by atoms with Crippen LogP contribution in [0.1, 0.15) is 0 Å². The lowest BCUT2D eigenvalue weighted by Crippen LogP contribution is -2.59. The van der Waals surface area contributed by atoms with Crippen LogP contribution in [-0.4, -0.2) is 16.0 Å². The Morgan fingerprint density at radius 2 is 0.881 bits per heavy atom. The summed E-state index contributed by atoms with van der Waals surface area (Å²) >= 11 is 0. The molecule has 0 aliphatic carbocycles. The molecular weight excluding hydrogens is 717 g/mol. The van der Waals surface area contributed by atoms with Gasteiger partial charge in [0.2, 0.25) is 0 Å². The lowest BCUT2D eigenvalue weighted by atomic mass is 9.44. The van der Waals surface area contributed by atoms with E-state index in [2.05, 4.69) is 220 Å². The Morgan fingerprint density at radius 3 is 1.53 bits per heavy atom. The summed E-state index contributed by atoms with van der Waals surface area (Å²) in [7, 11) is 0. The normalized spacial score (nSPS) is 12.8. The van der Waals surface area contributed by atoms with E-state index in [1.807, 2.05) is 0 Å². The molecule has 59 heavy (non-hydrogen) atoms. The molecule has 0 amide bonds. The molecule has 2 aliphatic heterocycles. The molecule has 0 atom stereocenters. The van der Waals surface area contributed by atoms with Crippen LogP contribution < -0.4 is 20.5 Å². The number of nitrogens with zero attached hydrogens (tertiary/aromatic N) is 3. The summed E-state index contributed by atoms with van der Waals surface area (Å²) in [6.45, 7) is -0.143. The van der Waals surface area contributed by atoms with Crippen molar-refractivity contribution in [2.24, 2.45) is 0 Å². The molecule has 4 nitrogen and oxygen atoms in total. The Labute approximate surface area is 341 Å². The number of para-hydroxylation sites is 7. The van der Waals surface area contributed by atoms with Gasteiger partial charge in [-0.2, -0.15) is 0 Å². The summed E-state index contributed by atoms with van der Waals surface area (Å²) in [6, 6.07) is 74.8. The van der Waals surface area contributed by atoms with Crippen molar-refractivity contribution in [3.8, 4) is 45.1 Å². The average molecular weight is 752 g/mol. The first-order chi connectivity index (χ1) is 29.3. The molecule has 0 N–H and O–H groups in total. The largest absolute Gasteiger partial charge is 0.458 e. The molecule has 11 aromatic rings. The molecular formula is C54H34BN3O. The summed E-state index contributed by atoms with van der Waals surface area (Å²) in [5.41, 5.74) is 16.3. The number of rotatable bonds is 4. The second-order valence-electron chi connectivity index (χ2n) is 15.6. The van der Waals surface area contributed by atoms with E-state index in [9.17, 15) is 0 Å². The van der Waals surface area contributed by atoms with Gasteiger partial charge in [-0.25, -0.2) is 0 Å². The maximum Gasteiger partial charge on any atom is 0.336 e. The van der Waals surface area contributed by atoms with Crippen LogP contribution in [0.4, 0.5) is 11.4 Å². The van der Waals surface area contributed by atoms with Gasteiger partial charge in [0, 0.05) is 55.2 Å². The fourth-order valence-corrected chi connectivity index (χ4v) is 10.1. The molecule has 13 rings (SSSR count). The summed E-state index contributed by atoms with van der Waals surface area (Å²) < 4.78 is 12.0. The molecule has 0 fully saturated rings. The van der Waals surface area contributed by atoms with E-state index in [0.717, 1.165) is 45.2 Å². The molecule has 0 radical (unpaired) electrons. The fourth-order valence-electron chi connectivity index (χ4n) is 10.1. The van der Waals surface area contributed by atoms with Crippen LogP contribution in [0.2, 0.25) is 0 Å². The highest BCUT2D eigenvalue weighted by Crippen LogP contribution is 2.47. The molecule has 5 heteroatoms. The highest BCUT2D eigenvalue weighted by molar-refractivity contribution is 6.92. The van der Waals surface area contributed by atoms with E-state index in [0.29, 0.717) is 0 Å². The maximum absolute atomic E-state index is 7.16. The van der Waals surface area contributed by atoms with Crippen LogP contribution in [0.3, 0.4) is 0 Å². The molecule has 2 aliphatic rings. The SMILES string of the molecule is c1ccc(N2B3c4cc(-n5c6ccccc6c6ccccc65)ccc4Oc4cc(-c5ccccc5-n5c6ccccc6c6ccccc65)cc(c43)-c3ccccc32)cc1. The van der Waals surface area contributed by atoms with Gasteiger partial charge in [0.25, 0.3) is 0 Å². The first kappa shape index (κ1) is 32.3. The Balaban J connectivity index is 1.07. The molecule has 4 heterocycles. The maximum atomic E-state index is 7.16. The zero-order valence-electron chi connectivity index (χ0n) is 32.0. The van der Waals surface area contributed by atoms with Crippen molar-refractivity contribution in [3.63, 3.8) is 0 Å². The Kier molecular flexibility index (Phi) is 6.78. The van der Waals surface area contributed by atoms with Gasteiger partial charge < -0.3 is 18.7 Å². The smallest absolute Gasteiger partial charge is 0.336 e. The van der Waals surface area contributed by atoms with Crippen molar-refractivity contribution in [1.29, 1.82) is 0 Å². The lowest BCUT2D eigenvalue weighted by molar-refractivity contribution is 0.487. The van der Waals surface area contributed by atoms with E-state index < -0.39 is 0 Å². The second-order valence-corrected chi connectivity index (χ2v) is 15.6. The zero-order valence-corrected chi connectivity index (χ0v) is 32.0. The highest BCUT2D eigenvalue weighted by atomic mass is 16.5. The second kappa shape index (κ2) is 12.4. The number of fused-ring (bicyclic) bond motifs is 10. The molecule has 2 aromatic heterocycles. The number of ether oxygens (including phenoxy) is 1. The molecule has 0 saturated carbocycles. The van der Waals surface area contributed by atoms with E-state index >= 15 is 0 Å². The monoisotopic (exact) mass is 751 g/mol. The Bertz CT molecular complexity index is 3400. The lowest BCUT2D eigenvalue weighted by Gasteiger charge is -2.42. The topological polar surface area (TPSA) is 22.3 Å². The molecule has 0 bridgehead atoms. The minimum atomic E-state index is -0.143. The molecule has 9 aromatic carbocycles.